The van der Waals surface area contributed by atoms with Crippen molar-refractivity contribution >= 4 is 40.8 Å². The monoisotopic (exact) mass is 411 g/mol. The molecule has 0 spiro atoms. The van der Waals surface area contributed by atoms with Gasteiger partial charge in [0.05, 0.1) is 10.0 Å². The molecule has 2 aromatic carbocycles. The van der Waals surface area contributed by atoms with Gasteiger partial charge in [-0.15, -0.1) is 0 Å². The van der Waals surface area contributed by atoms with Gasteiger partial charge in [-0.2, -0.15) is 0 Å². The van der Waals surface area contributed by atoms with Gasteiger partial charge in [0.25, 0.3) is 0 Å². The molecule has 1 N–H and O–H groups in total. The summed E-state index contributed by atoms with van der Waals surface area (Å²) in [6, 6.07) is 13.2. The summed E-state index contributed by atoms with van der Waals surface area (Å²) in [4.78, 5) is 16.5. The fourth-order valence-electron chi connectivity index (χ4n) is 2.90. The zero-order chi connectivity index (χ0) is 18.5. The van der Waals surface area contributed by atoms with Crippen molar-refractivity contribution < 1.29 is 4.79 Å². The van der Waals surface area contributed by atoms with Crippen molar-refractivity contribution in [2.24, 2.45) is 0 Å². The Morgan fingerprint density at radius 2 is 1.54 bits per heavy atom. The third-order valence-corrected chi connectivity index (χ3v) is 5.40. The van der Waals surface area contributed by atoms with E-state index in [1.165, 1.54) is 5.56 Å². The Bertz CT molecular complexity index is 759. The van der Waals surface area contributed by atoms with Gasteiger partial charge in [0.1, 0.15) is 0 Å². The molecule has 0 radical (unpaired) electrons. The van der Waals surface area contributed by atoms with Gasteiger partial charge >= 0.3 is 6.03 Å². The summed E-state index contributed by atoms with van der Waals surface area (Å²) in [6.45, 7) is 4.42. The number of benzene rings is 2. The molecule has 3 rings (SSSR count). The lowest BCUT2D eigenvalue weighted by Gasteiger charge is -2.34. The number of amides is 2. The molecule has 0 bridgehead atoms. The normalized spacial score (nSPS) is 15.1. The quantitative estimate of drug-likeness (QED) is 0.792. The van der Waals surface area contributed by atoms with Crippen molar-refractivity contribution in [1.82, 2.24) is 15.1 Å². The number of carbonyl (C=O) groups excluding carboxylic acids is 1. The summed E-state index contributed by atoms with van der Waals surface area (Å²) >= 11 is 17.8. The lowest BCUT2D eigenvalue weighted by Crippen LogP contribution is -2.51. The molecule has 2 aromatic rings. The topological polar surface area (TPSA) is 35.6 Å². The second-order valence-electron chi connectivity index (χ2n) is 6.30. The minimum Gasteiger partial charge on any atom is -0.334 e. The van der Waals surface area contributed by atoms with Gasteiger partial charge in [-0.25, -0.2) is 4.79 Å². The second kappa shape index (κ2) is 8.96. The molecule has 2 amide bonds. The second-order valence-corrected chi connectivity index (χ2v) is 7.55. The van der Waals surface area contributed by atoms with Crippen LogP contribution in [0.5, 0.6) is 0 Å². The summed E-state index contributed by atoms with van der Waals surface area (Å²) in [5, 5.41) is 4.69. The number of rotatable bonds is 4. The molecular weight excluding hydrogens is 393 g/mol. The van der Waals surface area contributed by atoms with Crippen molar-refractivity contribution in [2.45, 2.75) is 13.1 Å². The van der Waals surface area contributed by atoms with Gasteiger partial charge in [-0.05, 0) is 35.4 Å². The Kier molecular flexibility index (Phi) is 6.65. The van der Waals surface area contributed by atoms with Crippen LogP contribution in [0.25, 0.3) is 0 Å². The molecule has 1 fully saturated rings. The lowest BCUT2D eigenvalue weighted by molar-refractivity contribution is 0.135. The third kappa shape index (κ3) is 5.27. The van der Waals surface area contributed by atoms with E-state index in [2.05, 4.69) is 10.2 Å². The fourth-order valence-corrected chi connectivity index (χ4v) is 3.34. The number of halogens is 3. The average molecular weight is 413 g/mol. The molecule has 7 heteroatoms. The molecule has 0 unspecified atom stereocenters. The van der Waals surface area contributed by atoms with Gasteiger partial charge in [-0.1, -0.05) is 53.0 Å². The van der Waals surface area contributed by atoms with E-state index in [-0.39, 0.29) is 6.03 Å². The number of nitrogens with one attached hydrogen (secondary N) is 1. The molecule has 4 nitrogen and oxygen atoms in total. The van der Waals surface area contributed by atoms with Crippen molar-refractivity contribution in [1.29, 1.82) is 0 Å². The van der Waals surface area contributed by atoms with Crippen LogP contribution in [-0.2, 0) is 13.1 Å². The first-order chi connectivity index (χ1) is 12.5. The molecule has 0 aromatic heterocycles. The van der Waals surface area contributed by atoms with E-state index in [1.807, 2.05) is 35.2 Å². The zero-order valence-electron chi connectivity index (χ0n) is 14.2. The van der Waals surface area contributed by atoms with E-state index in [0.717, 1.165) is 30.2 Å². The highest BCUT2D eigenvalue weighted by Gasteiger charge is 2.20. The van der Waals surface area contributed by atoms with Crippen LogP contribution in [0.3, 0.4) is 0 Å². The molecular formula is C19H20Cl3N3O. The lowest BCUT2D eigenvalue weighted by atomic mass is 10.2. The number of hydrogen-bond acceptors (Lipinski definition) is 2. The van der Waals surface area contributed by atoms with Gasteiger partial charge in [0.15, 0.2) is 0 Å². The van der Waals surface area contributed by atoms with Crippen molar-refractivity contribution in [2.75, 3.05) is 26.2 Å². The molecule has 1 aliphatic heterocycles. The third-order valence-electron chi connectivity index (χ3n) is 4.41. The molecule has 138 valence electrons. The molecule has 0 aliphatic carbocycles. The van der Waals surface area contributed by atoms with Gasteiger partial charge in [0.2, 0.25) is 0 Å². The number of urea groups is 1. The zero-order valence-corrected chi connectivity index (χ0v) is 16.5. The Balaban J connectivity index is 1.44. The maximum atomic E-state index is 12.3. The van der Waals surface area contributed by atoms with Crippen LogP contribution in [0.1, 0.15) is 11.1 Å². The smallest absolute Gasteiger partial charge is 0.317 e. The Morgan fingerprint density at radius 1 is 0.885 bits per heavy atom. The highest BCUT2D eigenvalue weighted by molar-refractivity contribution is 6.42. The first-order valence-electron chi connectivity index (χ1n) is 8.45. The van der Waals surface area contributed by atoms with Crippen molar-refractivity contribution in [3.8, 4) is 0 Å². The molecule has 1 heterocycles. The summed E-state index contributed by atoms with van der Waals surface area (Å²) in [6.07, 6.45) is 0. The van der Waals surface area contributed by atoms with Crippen LogP contribution in [0.15, 0.2) is 42.5 Å². The predicted octanol–water partition coefficient (Wildman–Crippen LogP) is 4.67. The van der Waals surface area contributed by atoms with Crippen LogP contribution < -0.4 is 5.32 Å². The molecule has 26 heavy (non-hydrogen) atoms. The molecule has 0 saturated carbocycles. The van der Waals surface area contributed by atoms with Crippen LogP contribution in [0.4, 0.5) is 4.79 Å². The Morgan fingerprint density at radius 3 is 2.19 bits per heavy atom. The number of nitrogens with zero attached hydrogens (tertiary/aromatic N) is 2. The van der Waals surface area contributed by atoms with E-state index in [9.17, 15) is 4.79 Å². The fraction of sp³-hybridized carbons (Fsp3) is 0.316. The molecule has 0 atom stereocenters. The standard InChI is InChI=1S/C19H20Cl3N3O/c20-16-4-1-14(2-5-16)13-24-7-9-25(10-8-24)19(26)23-12-15-3-6-17(21)18(22)11-15/h1-6,11H,7-10,12-13H2,(H,23,26). The van der Waals surface area contributed by atoms with Crippen molar-refractivity contribution in [3.63, 3.8) is 0 Å². The minimum atomic E-state index is -0.0535. The Labute approximate surface area is 168 Å². The molecule has 1 aliphatic rings. The van der Waals surface area contributed by atoms with Crippen LogP contribution >= 0.6 is 34.8 Å². The van der Waals surface area contributed by atoms with Gasteiger partial charge in [-0.3, -0.25) is 4.90 Å². The maximum Gasteiger partial charge on any atom is 0.317 e. The van der Waals surface area contributed by atoms with Gasteiger partial charge in [0, 0.05) is 44.3 Å². The molecule has 1 saturated heterocycles. The largest absolute Gasteiger partial charge is 0.334 e. The first kappa shape index (κ1) is 19.3. The summed E-state index contributed by atoms with van der Waals surface area (Å²) in [5.41, 5.74) is 2.15. The van der Waals surface area contributed by atoms with E-state index >= 15 is 0 Å². The average Bonchev–Trinajstić information content (AvgIpc) is 2.65. The van der Waals surface area contributed by atoms with Crippen molar-refractivity contribution in [3.05, 3.63) is 68.7 Å². The van der Waals surface area contributed by atoms with Crippen LogP contribution in [0, 0.1) is 0 Å². The number of piperazine rings is 1. The van der Waals surface area contributed by atoms with Crippen LogP contribution in [-0.4, -0.2) is 42.0 Å². The summed E-state index contributed by atoms with van der Waals surface area (Å²) < 4.78 is 0. The van der Waals surface area contributed by atoms with E-state index in [0.29, 0.717) is 29.7 Å². The number of carbonyl (C=O) groups is 1. The van der Waals surface area contributed by atoms with E-state index < -0.39 is 0 Å². The van der Waals surface area contributed by atoms with Gasteiger partial charge < -0.3 is 10.2 Å². The summed E-state index contributed by atoms with van der Waals surface area (Å²) in [7, 11) is 0. The van der Waals surface area contributed by atoms with E-state index in [4.69, 9.17) is 34.8 Å². The highest BCUT2D eigenvalue weighted by atomic mass is 35.5. The minimum absolute atomic E-state index is 0.0535. The first-order valence-corrected chi connectivity index (χ1v) is 9.58. The highest BCUT2D eigenvalue weighted by Crippen LogP contribution is 2.22. The Hall–Kier alpha value is -1.46. The summed E-state index contributed by atoms with van der Waals surface area (Å²) in [5.74, 6) is 0. The van der Waals surface area contributed by atoms with E-state index in [1.54, 1.807) is 12.1 Å². The predicted molar refractivity (Wildman–Crippen MR) is 107 cm³/mol. The van der Waals surface area contributed by atoms with Crippen LogP contribution in [0.2, 0.25) is 15.1 Å². The number of hydrogen-bond donors (Lipinski definition) is 1. The maximum absolute atomic E-state index is 12.3. The SMILES string of the molecule is O=C(NCc1ccc(Cl)c(Cl)c1)N1CCN(Cc2ccc(Cl)cc2)CC1.